The average molecular weight is 833 g/mol. The summed E-state index contributed by atoms with van der Waals surface area (Å²) >= 11 is 7.05. The molecule has 1 atom stereocenters. The average Bonchev–Trinajstić information content (AvgIpc) is 3.41. The third-order valence-electron chi connectivity index (χ3n) is 7.60. The van der Waals surface area contributed by atoms with Gasteiger partial charge in [0.05, 0.1) is 50.8 Å². The number of nitriles is 1. The molecule has 8 nitrogen and oxygen atoms in total. The lowest BCUT2D eigenvalue weighted by molar-refractivity contribution is -0.138. The summed E-state index contributed by atoms with van der Waals surface area (Å²) in [7, 11) is 1.58. The van der Waals surface area contributed by atoms with Crippen molar-refractivity contribution in [3.8, 4) is 17.6 Å². The number of carbonyl (C=O) groups is 1. The first-order chi connectivity index (χ1) is 23.3. The van der Waals surface area contributed by atoms with E-state index in [2.05, 4.69) is 44.6 Å². The fourth-order valence-electron chi connectivity index (χ4n) is 5.35. The Kier molecular flexibility index (Phi) is 10.2. The zero-order valence-electron chi connectivity index (χ0n) is 25.8. The molecule has 0 unspecified atom stereocenters. The summed E-state index contributed by atoms with van der Waals surface area (Å²) in [5, 5.41) is 9.14. The first-order valence-corrected chi connectivity index (χ1v) is 17.5. The Balaban J connectivity index is 1.54. The molecule has 2 heterocycles. The standard InChI is InChI=1S/C37H27BrIN3O5S/c1-3-46-36(44)31-32(24-7-5-4-6-8-24)41-37-42(33(31)25-13-15-28(45-2)16-14-25)35(43)30(48-37)18-26-17-27(38)19-29(39)34(26)47-21-23-11-9-22(20-40)10-12-23/h4-19,33H,3,21H2,1-2H3/b30-18-/t33-/m1/s1. The molecule has 48 heavy (non-hydrogen) atoms. The summed E-state index contributed by atoms with van der Waals surface area (Å²) in [4.78, 5) is 33.5. The van der Waals surface area contributed by atoms with Crippen LogP contribution in [-0.4, -0.2) is 24.3 Å². The van der Waals surface area contributed by atoms with Gasteiger partial charge in [0.1, 0.15) is 18.1 Å². The van der Waals surface area contributed by atoms with Crippen LogP contribution in [0.2, 0.25) is 0 Å². The summed E-state index contributed by atoms with van der Waals surface area (Å²) in [6, 6.07) is 29.1. The van der Waals surface area contributed by atoms with Gasteiger partial charge >= 0.3 is 5.97 Å². The van der Waals surface area contributed by atoms with Crippen molar-refractivity contribution in [1.82, 2.24) is 4.57 Å². The number of methoxy groups -OCH3 is 1. The smallest absolute Gasteiger partial charge is 0.338 e. The molecule has 0 radical (unpaired) electrons. The molecule has 0 saturated carbocycles. The number of thiazole rings is 1. The number of hydrogen-bond donors (Lipinski definition) is 0. The van der Waals surface area contributed by atoms with E-state index < -0.39 is 12.0 Å². The fourth-order valence-corrected chi connectivity index (χ4v) is 8.05. The molecular weight excluding hydrogens is 805 g/mol. The lowest BCUT2D eigenvalue weighted by Crippen LogP contribution is -2.40. The molecule has 0 aliphatic carbocycles. The molecule has 0 saturated heterocycles. The number of carbonyl (C=O) groups excluding carboxylic acids is 1. The van der Waals surface area contributed by atoms with E-state index >= 15 is 0 Å². The minimum Gasteiger partial charge on any atom is -0.497 e. The fraction of sp³-hybridized carbons (Fsp3) is 0.135. The van der Waals surface area contributed by atoms with Gasteiger partial charge in [-0.05, 0) is 83.1 Å². The topological polar surface area (TPSA) is 103 Å². The molecule has 1 aliphatic heterocycles. The Bertz CT molecular complexity index is 2260. The van der Waals surface area contributed by atoms with Crippen molar-refractivity contribution in [1.29, 1.82) is 5.26 Å². The molecule has 6 rings (SSSR count). The van der Waals surface area contributed by atoms with Crippen molar-refractivity contribution < 1.29 is 19.0 Å². The van der Waals surface area contributed by atoms with Crippen molar-refractivity contribution in [2.75, 3.05) is 13.7 Å². The molecule has 0 N–H and O–H groups in total. The van der Waals surface area contributed by atoms with E-state index in [1.165, 1.54) is 11.3 Å². The number of esters is 1. The second-order valence-corrected chi connectivity index (χ2v) is 13.7. The number of benzene rings is 4. The van der Waals surface area contributed by atoms with Gasteiger partial charge in [0.25, 0.3) is 5.56 Å². The van der Waals surface area contributed by atoms with E-state index in [-0.39, 0.29) is 24.3 Å². The third kappa shape index (κ3) is 6.87. The van der Waals surface area contributed by atoms with Crippen LogP contribution in [-0.2, 0) is 16.1 Å². The molecule has 11 heteroatoms. The number of aromatic nitrogens is 1. The predicted molar refractivity (Wildman–Crippen MR) is 196 cm³/mol. The Morgan fingerprint density at radius 2 is 1.81 bits per heavy atom. The first-order valence-electron chi connectivity index (χ1n) is 14.8. The van der Waals surface area contributed by atoms with Gasteiger partial charge in [-0.2, -0.15) is 5.26 Å². The second-order valence-electron chi connectivity index (χ2n) is 10.6. The van der Waals surface area contributed by atoms with Gasteiger partial charge in [0.2, 0.25) is 0 Å². The van der Waals surface area contributed by atoms with Crippen molar-refractivity contribution >= 4 is 67.6 Å². The number of halogens is 2. The van der Waals surface area contributed by atoms with E-state index in [9.17, 15) is 9.59 Å². The van der Waals surface area contributed by atoms with Crippen LogP contribution in [0.1, 0.15) is 40.8 Å². The first kappa shape index (κ1) is 33.4. The van der Waals surface area contributed by atoms with Gasteiger partial charge in [0.15, 0.2) is 4.80 Å². The number of nitrogens with zero attached hydrogens (tertiary/aromatic N) is 3. The second kappa shape index (κ2) is 14.7. The van der Waals surface area contributed by atoms with Crippen molar-refractivity contribution in [2.45, 2.75) is 19.6 Å². The number of fused-ring (bicyclic) bond motifs is 1. The minimum atomic E-state index is -0.807. The highest BCUT2D eigenvalue weighted by Gasteiger charge is 2.35. The van der Waals surface area contributed by atoms with Crippen molar-refractivity contribution in [3.63, 3.8) is 0 Å². The molecule has 0 amide bonds. The number of hydrogen-bond acceptors (Lipinski definition) is 8. The summed E-state index contributed by atoms with van der Waals surface area (Å²) < 4.78 is 20.9. The normalized spacial score (nSPS) is 14.1. The molecule has 0 bridgehead atoms. The Labute approximate surface area is 302 Å². The maximum Gasteiger partial charge on any atom is 0.338 e. The largest absolute Gasteiger partial charge is 0.497 e. The van der Waals surface area contributed by atoms with E-state index in [1.54, 1.807) is 48.9 Å². The van der Waals surface area contributed by atoms with Crippen LogP contribution in [0.5, 0.6) is 11.5 Å². The zero-order valence-corrected chi connectivity index (χ0v) is 30.3. The maximum atomic E-state index is 14.4. The van der Waals surface area contributed by atoms with Crippen molar-refractivity contribution in [2.24, 2.45) is 4.99 Å². The Morgan fingerprint density at radius 3 is 2.48 bits per heavy atom. The summed E-state index contributed by atoms with van der Waals surface area (Å²) in [5.74, 6) is 0.710. The molecule has 5 aromatic rings. The van der Waals surface area contributed by atoms with Crippen LogP contribution >= 0.6 is 49.9 Å². The monoisotopic (exact) mass is 831 g/mol. The number of ether oxygens (including phenoxy) is 3. The van der Waals surface area contributed by atoms with Crippen LogP contribution in [0.4, 0.5) is 0 Å². The van der Waals surface area contributed by atoms with Crippen molar-refractivity contribution in [3.05, 3.63) is 152 Å². The molecule has 0 spiro atoms. The van der Waals surface area contributed by atoms with Gasteiger partial charge in [-0.1, -0.05) is 81.9 Å². The van der Waals surface area contributed by atoms with Crippen LogP contribution < -0.4 is 24.4 Å². The highest BCUT2D eigenvalue weighted by atomic mass is 127. The molecule has 240 valence electrons. The summed E-state index contributed by atoms with van der Waals surface area (Å²) in [5.41, 5.74) is 4.03. The minimum absolute atomic E-state index is 0.164. The molecule has 1 aromatic heterocycles. The number of rotatable bonds is 9. The van der Waals surface area contributed by atoms with Gasteiger partial charge in [-0.25, -0.2) is 9.79 Å². The van der Waals surface area contributed by atoms with Gasteiger partial charge < -0.3 is 14.2 Å². The van der Waals surface area contributed by atoms with E-state index in [1.807, 2.05) is 66.7 Å². The van der Waals surface area contributed by atoms with Crippen LogP contribution in [0, 0.1) is 14.9 Å². The molecular formula is C37H27BrIN3O5S. The maximum absolute atomic E-state index is 14.4. The van der Waals surface area contributed by atoms with Gasteiger partial charge in [-0.15, -0.1) is 0 Å². The molecule has 0 fully saturated rings. The predicted octanol–water partition coefficient (Wildman–Crippen LogP) is 6.76. The SMILES string of the molecule is CCOC(=O)C1=C(c2ccccc2)N=c2s/c(=C\c3cc(Br)cc(I)c3OCc3ccc(C#N)cc3)c(=O)n2[C@@H]1c1ccc(OC)cc1. The summed E-state index contributed by atoms with van der Waals surface area (Å²) in [6.45, 7) is 2.18. The highest BCUT2D eigenvalue weighted by Crippen LogP contribution is 2.36. The molecule has 1 aliphatic rings. The zero-order chi connectivity index (χ0) is 33.8. The third-order valence-corrected chi connectivity index (χ3v) is 9.84. The Morgan fingerprint density at radius 1 is 1.08 bits per heavy atom. The van der Waals surface area contributed by atoms with Gasteiger partial charge in [0, 0.05) is 15.6 Å². The lowest BCUT2D eigenvalue weighted by atomic mass is 9.93. The van der Waals surface area contributed by atoms with Crippen LogP contribution in [0.15, 0.2) is 111 Å². The van der Waals surface area contributed by atoms with E-state index in [0.717, 1.165) is 19.2 Å². The van der Waals surface area contributed by atoms with E-state index in [0.29, 0.717) is 43.2 Å². The quantitative estimate of drug-likeness (QED) is 0.120. The summed E-state index contributed by atoms with van der Waals surface area (Å²) in [6.07, 6.45) is 1.80. The van der Waals surface area contributed by atoms with E-state index in [4.69, 9.17) is 24.5 Å². The highest BCUT2D eigenvalue weighted by molar-refractivity contribution is 14.1. The van der Waals surface area contributed by atoms with Crippen LogP contribution in [0.3, 0.4) is 0 Å². The Hall–Kier alpha value is -4.51. The van der Waals surface area contributed by atoms with Crippen LogP contribution in [0.25, 0.3) is 11.8 Å². The molecule has 4 aromatic carbocycles. The van der Waals surface area contributed by atoms with Gasteiger partial charge in [-0.3, -0.25) is 9.36 Å². The lowest BCUT2D eigenvalue weighted by Gasteiger charge is -2.26.